The van der Waals surface area contributed by atoms with Gasteiger partial charge in [0, 0.05) is 82.8 Å². The van der Waals surface area contributed by atoms with Crippen LogP contribution in [0, 0.1) is 11.8 Å². The number of carbonyl (C=O) groups is 7. The van der Waals surface area contributed by atoms with Gasteiger partial charge in [-0.15, -0.1) is 0 Å². The molecule has 2 saturated heterocycles. The predicted octanol–water partition coefficient (Wildman–Crippen LogP) is 1.20. The van der Waals surface area contributed by atoms with Gasteiger partial charge in [-0.05, 0) is 66.1 Å². The first kappa shape index (κ1) is 43.0. The van der Waals surface area contributed by atoms with E-state index in [-0.39, 0.29) is 66.1 Å². The lowest BCUT2D eigenvalue weighted by atomic mass is 9.99. The average Bonchev–Trinajstić information content (AvgIpc) is 4.02. The van der Waals surface area contributed by atoms with E-state index in [4.69, 9.17) is 24.1 Å². The topological polar surface area (TPSA) is 236 Å². The fourth-order valence-corrected chi connectivity index (χ4v) is 8.18. The third-order valence-corrected chi connectivity index (χ3v) is 11.6. The Labute approximate surface area is 354 Å². The Bertz CT molecular complexity index is 2510. The van der Waals surface area contributed by atoms with Crippen LogP contribution in [0.3, 0.4) is 0 Å². The maximum atomic E-state index is 13.4. The van der Waals surface area contributed by atoms with Crippen LogP contribution in [0.4, 0.5) is 0 Å². The van der Waals surface area contributed by atoms with Gasteiger partial charge in [-0.1, -0.05) is 0 Å². The number of imide groups is 2. The molecule has 324 valence electrons. The number of hydrogen-bond donors (Lipinski definition) is 3. The maximum Gasteiger partial charge on any atom is 0.290 e. The van der Waals surface area contributed by atoms with Crippen molar-refractivity contribution in [2.75, 3.05) is 53.6 Å². The molecule has 4 aliphatic rings. The summed E-state index contributed by atoms with van der Waals surface area (Å²) in [6.45, 7) is 2.70. The summed E-state index contributed by atoms with van der Waals surface area (Å²) in [4.78, 5) is 106. The van der Waals surface area contributed by atoms with E-state index in [9.17, 15) is 33.6 Å². The molecular weight excluding hydrogens is 807 g/mol. The number of carboxylic acid groups (broad SMARTS) is 1. The number of aryl methyl sites for hydroxylation is 1. The highest BCUT2D eigenvalue weighted by atomic mass is 16.5. The van der Waals surface area contributed by atoms with Crippen molar-refractivity contribution in [3.05, 3.63) is 82.0 Å². The minimum Gasteiger partial charge on any atom is -0.496 e. The molecule has 1 saturated carbocycles. The number of piperazine rings is 1. The quantitative estimate of drug-likeness (QED) is 0.134. The summed E-state index contributed by atoms with van der Waals surface area (Å²) in [5, 5.41) is 13.2. The zero-order valence-electron chi connectivity index (χ0n) is 34.3. The number of methoxy groups -OCH3 is 2. The van der Waals surface area contributed by atoms with Crippen LogP contribution in [0.15, 0.2) is 59.8 Å². The number of hydrogen-bond acceptors (Lipinski definition) is 13. The number of benzene rings is 2. The molecule has 2 aromatic heterocycles. The number of rotatable bonds is 12. The number of ether oxygens (including phenoxy) is 3. The summed E-state index contributed by atoms with van der Waals surface area (Å²) in [7, 11) is 4.94. The number of fused-ring (bicyclic) bond motifs is 2. The third kappa shape index (κ3) is 8.69. The Hall–Kier alpha value is -7.15. The van der Waals surface area contributed by atoms with Gasteiger partial charge in [0.25, 0.3) is 29.8 Å². The van der Waals surface area contributed by atoms with Gasteiger partial charge in [-0.25, -0.2) is 0 Å². The molecule has 4 aromatic rings. The first-order valence-electron chi connectivity index (χ1n) is 19.9. The Balaban J connectivity index is 0.00000187. The molecule has 62 heavy (non-hydrogen) atoms. The Morgan fingerprint density at radius 1 is 0.935 bits per heavy atom. The molecule has 3 aliphatic heterocycles. The Kier molecular flexibility index (Phi) is 12.6. The minimum absolute atomic E-state index is 0.0128. The molecule has 0 spiro atoms. The molecule has 19 nitrogen and oxygen atoms in total. The SMILES string of the molecule is COc1cc(-c2cn(C)c(=O)c3cnccc23)cc(OC)c1CN1CCN(C(=O)C2CC2CNC(=O)COc2ccc3c(c2)C(=O)N(C2CCC(=O)NC2=O)C3=O)CC1.O=CO. The second-order valence-electron chi connectivity index (χ2n) is 15.3. The number of piperidine rings is 1. The van der Waals surface area contributed by atoms with Crippen molar-refractivity contribution in [1.29, 1.82) is 0 Å². The van der Waals surface area contributed by atoms with Crippen LogP contribution in [-0.4, -0.2) is 131 Å². The number of nitrogens with one attached hydrogen (secondary N) is 2. The Morgan fingerprint density at radius 2 is 1.63 bits per heavy atom. The second-order valence-corrected chi connectivity index (χ2v) is 15.3. The van der Waals surface area contributed by atoms with Crippen LogP contribution in [0.1, 0.15) is 45.5 Å². The van der Waals surface area contributed by atoms with Crippen LogP contribution < -0.4 is 30.4 Å². The van der Waals surface area contributed by atoms with E-state index in [0.717, 1.165) is 27.0 Å². The molecule has 0 bridgehead atoms. The molecule has 3 atom stereocenters. The lowest BCUT2D eigenvalue weighted by Gasteiger charge is -2.35. The van der Waals surface area contributed by atoms with Gasteiger partial charge >= 0.3 is 0 Å². The van der Waals surface area contributed by atoms with E-state index in [1.54, 1.807) is 44.4 Å². The third-order valence-electron chi connectivity index (χ3n) is 11.6. The van der Waals surface area contributed by atoms with Crippen molar-refractivity contribution in [2.45, 2.75) is 31.8 Å². The van der Waals surface area contributed by atoms with Gasteiger partial charge in [0.2, 0.25) is 17.7 Å². The van der Waals surface area contributed by atoms with E-state index in [1.807, 2.05) is 23.1 Å². The van der Waals surface area contributed by atoms with Gasteiger partial charge in [-0.2, -0.15) is 0 Å². The zero-order chi connectivity index (χ0) is 44.2. The van der Waals surface area contributed by atoms with Crippen LogP contribution >= 0.6 is 0 Å². The molecule has 1 aliphatic carbocycles. The van der Waals surface area contributed by atoms with Crippen LogP contribution in [-0.2, 0) is 37.6 Å². The molecule has 5 heterocycles. The van der Waals surface area contributed by atoms with E-state index < -0.39 is 35.6 Å². The van der Waals surface area contributed by atoms with Gasteiger partial charge in [0.1, 0.15) is 23.3 Å². The van der Waals surface area contributed by atoms with E-state index >= 15 is 0 Å². The Morgan fingerprint density at radius 3 is 2.31 bits per heavy atom. The smallest absolute Gasteiger partial charge is 0.290 e. The van der Waals surface area contributed by atoms with Gasteiger partial charge in [0.15, 0.2) is 6.61 Å². The number of nitrogens with zero attached hydrogens (tertiary/aromatic N) is 5. The van der Waals surface area contributed by atoms with Crippen LogP contribution in [0.25, 0.3) is 21.9 Å². The highest BCUT2D eigenvalue weighted by molar-refractivity contribution is 6.23. The standard InChI is InChI=1S/C42H43N7O10.CH2O2/c1-46-20-31(26-8-9-43-19-30(26)39(46)53)23-15-34(57-2)32(35(16-23)58-3)21-47-10-12-48(13-11-47)40(54)28-14-24(28)18-44-37(51)22-59-25-4-5-27-29(17-25)42(56)49(41(27)55)33-6-7-36(50)45-38(33)52;2-1-3/h4-5,8-9,15-17,19-20,24,28,33H,6-7,10-14,18,21-22H2,1-3H3,(H,44,51)(H,45,50,52);1H,(H,2,3). The van der Waals surface area contributed by atoms with E-state index in [1.165, 1.54) is 18.2 Å². The van der Waals surface area contributed by atoms with Crippen LogP contribution in [0.2, 0.25) is 0 Å². The summed E-state index contributed by atoms with van der Waals surface area (Å²) in [5.74, 6) is -1.43. The van der Waals surface area contributed by atoms with Crippen molar-refractivity contribution in [2.24, 2.45) is 18.9 Å². The monoisotopic (exact) mass is 851 g/mol. The zero-order valence-corrected chi connectivity index (χ0v) is 34.3. The normalized spacial score (nSPS) is 19.6. The van der Waals surface area contributed by atoms with Crippen LogP contribution in [0.5, 0.6) is 17.2 Å². The lowest BCUT2D eigenvalue weighted by molar-refractivity contribution is -0.136. The number of aromatic nitrogens is 2. The lowest BCUT2D eigenvalue weighted by Crippen LogP contribution is -2.54. The predicted molar refractivity (Wildman–Crippen MR) is 219 cm³/mol. The van der Waals surface area contributed by atoms with E-state index in [0.29, 0.717) is 62.6 Å². The first-order valence-corrected chi connectivity index (χ1v) is 19.9. The van der Waals surface area contributed by atoms with Gasteiger partial charge in [-0.3, -0.25) is 58.5 Å². The average molecular weight is 852 g/mol. The van der Waals surface area contributed by atoms with Gasteiger partial charge in [0.05, 0.1) is 36.3 Å². The molecule has 2 aromatic carbocycles. The molecule has 19 heteroatoms. The van der Waals surface area contributed by atoms with Crippen molar-refractivity contribution >= 4 is 52.7 Å². The highest BCUT2D eigenvalue weighted by Gasteiger charge is 2.46. The number of carbonyl (C=O) groups excluding carboxylic acids is 6. The summed E-state index contributed by atoms with van der Waals surface area (Å²) in [6, 6.07) is 8.90. The molecule has 3 fully saturated rings. The number of pyridine rings is 2. The molecule has 3 unspecified atom stereocenters. The van der Waals surface area contributed by atoms with E-state index in [2.05, 4.69) is 20.5 Å². The molecule has 6 amide bonds. The second kappa shape index (κ2) is 18.2. The fourth-order valence-electron chi connectivity index (χ4n) is 8.18. The summed E-state index contributed by atoms with van der Waals surface area (Å²) in [5.41, 5.74) is 2.60. The van der Waals surface area contributed by atoms with Gasteiger partial charge < -0.3 is 34.1 Å². The largest absolute Gasteiger partial charge is 0.496 e. The summed E-state index contributed by atoms with van der Waals surface area (Å²) >= 11 is 0. The van der Waals surface area contributed by atoms with Crippen molar-refractivity contribution in [1.82, 2.24) is 34.9 Å². The molecule has 0 radical (unpaired) electrons. The number of amides is 6. The summed E-state index contributed by atoms with van der Waals surface area (Å²) < 4.78 is 18.9. The van der Waals surface area contributed by atoms with Crippen molar-refractivity contribution in [3.8, 4) is 28.4 Å². The minimum atomic E-state index is -1.08. The van der Waals surface area contributed by atoms with Crippen molar-refractivity contribution in [3.63, 3.8) is 0 Å². The summed E-state index contributed by atoms with van der Waals surface area (Å²) in [6.07, 6.45) is 5.78. The fraction of sp³-hybridized carbons (Fsp3) is 0.372. The molecule has 3 N–H and O–H groups in total. The highest BCUT2D eigenvalue weighted by Crippen LogP contribution is 2.41. The maximum absolute atomic E-state index is 13.4. The first-order chi connectivity index (χ1) is 29.9. The molecule has 8 rings (SSSR count). The van der Waals surface area contributed by atoms with Crippen molar-refractivity contribution < 1.29 is 52.9 Å². The molecular formula is C43H45N7O12.